The normalized spacial score (nSPS) is 10.1. The van der Waals surface area contributed by atoms with Crippen molar-refractivity contribution in [1.29, 1.82) is 5.26 Å². The quantitative estimate of drug-likeness (QED) is 0.446. The number of esters is 1. The minimum atomic E-state index is -0.325. The van der Waals surface area contributed by atoms with Crippen molar-refractivity contribution in [2.45, 2.75) is 25.2 Å². The second-order valence-electron chi connectivity index (χ2n) is 5.30. The van der Waals surface area contributed by atoms with Crippen LogP contribution in [0.15, 0.2) is 41.3 Å². The molecule has 0 saturated carbocycles. The predicted molar refractivity (Wildman–Crippen MR) is 94.6 cm³/mol. The lowest BCUT2D eigenvalue weighted by molar-refractivity contribution is -0.134. The van der Waals surface area contributed by atoms with Crippen LogP contribution in [-0.2, 0) is 4.79 Å². The minimum Gasteiger partial charge on any atom is -0.493 e. The van der Waals surface area contributed by atoms with Gasteiger partial charge in [0.1, 0.15) is 0 Å². The Morgan fingerprint density at radius 1 is 1.12 bits per heavy atom. The van der Waals surface area contributed by atoms with Gasteiger partial charge in [-0.2, -0.15) is 5.26 Å². The van der Waals surface area contributed by atoms with Gasteiger partial charge in [-0.15, -0.1) is 11.8 Å². The van der Waals surface area contributed by atoms with E-state index in [1.54, 1.807) is 30.0 Å². The van der Waals surface area contributed by atoms with E-state index in [1.807, 2.05) is 6.07 Å². The zero-order valence-electron chi connectivity index (χ0n) is 14.0. The molecule has 0 aliphatic heterocycles. The highest BCUT2D eigenvalue weighted by atomic mass is 32.2. The average molecular weight is 341 g/mol. The van der Waals surface area contributed by atoms with Gasteiger partial charge in [0.05, 0.1) is 25.2 Å². The first-order valence-electron chi connectivity index (χ1n) is 7.52. The van der Waals surface area contributed by atoms with Gasteiger partial charge in [0.15, 0.2) is 11.5 Å². The molecule has 0 atom stereocenters. The van der Waals surface area contributed by atoms with Crippen LogP contribution in [0.3, 0.4) is 0 Å². The number of rotatable bonds is 6. The number of ether oxygens (including phenoxy) is 2. The molecule has 24 heavy (non-hydrogen) atoms. The van der Waals surface area contributed by atoms with Gasteiger partial charge < -0.3 is 9.47 Å². The predicted octanol–water partition coefficient (Wildman–Crippen LogP) is 4.27. The average Bonchev–Trinajstić information content (AvgIpc) is 2.58. The van der Waals surface area contributed by atoms with E-state index in [1.165, 1.54) is 18.2 Å². The van der Waals surface area contributed by atoms with Crippen molar-refractivity contribution in [3.8, 4) is 17.6 Å². The summed E-state index contributed by atoms with van der Waals surface area (Å²) in [5.41, 5.74) is 2.95. The van der Waals surface area contributed by atoms with Crippen molar-refractivity contribution in [2.75, 3.05) is 12.9 Å². The van der Waals surface area contributed by atoms with Gasteiger partial charge in [-0.25, -0.2) is 0 Å². The van der Waals surface area contributed by atoms with Crippen LogP contribution in [0.5, 0.6) is 11.5 Å². The molecule has 0 spiro atoms. The lowest BCUT2D eigenvalue weighted by Crippen LogP contribution is -2.09. The second-order valence-corrected chi connectivity index (χ2v) is 6.46. The van der Waals surface area contributed by atoms with Gasteiger partial charge in [0, 0.05) is 16.7 Å². The van der Waals surface area contributed by atoms with Gasteiger partial charge in [0.2, 0.25) is 0 Å². The summed E-state index contributed by atoms with van der Waals surface area (Å²) in [6, 6.07) is 13.0. The molecule has 0 aromatic heterocycles. The molecule has 2 rings (SSSR count). The van der Waals surface area contributed by atoms with Gasteiger partial charge >= 0.3 is 5.97 Å². The van der Waals surface area contributed by atoms with Crippen LogP contribution in [0.2, 0.25) is 0 Å². The first kappa shape index (κ1) is 17.9. The Balaban J connectivity index is 1.89. The van der Waals surface area contributed by atoms with Crippen molar-refractivity contribution in [3.05, 3.63) is 53.1 Å². The number of methoxy groups -OCH3 is 1. The summed E-state index contributed by atoms with van der Waals surface area (Å²) in [7, 11) is 1.48. The Hall–Kier alpha value is -2.45. The number of hydrogen-bond donors (Lipinski definition) is 0. The highest BCUT2D eigenvalue weighted by Gasteiger charge is 2.11. The number of nitriles is 1. The number of carbonyl (C=O) groups is 1. The van der Waals surface area contributed by atoms with Crippen LogP contribution >= 0.6 is 11.8 Å². The zero-order chi connectivity index (χ0) is 17.5. The molecule has 0 fully saturated rings. The van der Waals surface area contributed by atoms with E-state index in [-0.39, 0.29) is 5.97 Å². The Kier molecular flexibility index (Phi) is 6.28. The lowest BCUT2D eigenvalue weighted by Gasteiger charge is -2.09. The largest absolute Gasteiger partial charge is 0.493 e. The van der Waals surface area contributed by atoms with Gasteiger partial charge in [-0.05, 0) is 49.2 Å². The molecule has 5 heteroatoms. The number of aryl methyl sites for hydroxylation is 2. The summed E-state index contributed by atoms with van der Waals surface area (Å²) >= 11 is 1.62. The van der Waals surface area contributed by atoms with Gasteiger partial charge in [-0.1, -0.05) is 6.07 Å². The molecule has 0 unspecified atom stereocenters. The number of benzene rings is 2. The first-order chi connectivity index (χ1) is 11.5. The SMILES string of the molecule is COc1cc(C#N)ccc1OC(=O)CCSc1ccc(C)c(C)c1. The molecule has 0 amide bonds. The van der Waals surface area contributed by atoms with E-state index in [0.717, 1.165) is 4.90 Å². The molecule has 124 valence electrons. The lowest BCUT2D eigenvalue weighted by atomic mass is 10.1. The maximum absolute atomic E-state index is 12.0. The summed E-state index contributed by atoms with van der Waals surface area (Å²) in [6.45, 7) is 4.15. The fourth-order valence-corrected chi connectivity index (χ4v) is 2.98. The molecule has 2 aromatic rings. The van der Waals surface area contributed by atoms with Gasteiger partial charge in [-0.3, -0.25) is 4.79 Å². The molecule has 2 aromatic carbocycles. The third-order valence-electron chi connectivity index (χ3n) is 3.57. The second kappa shape index (κ2) is 8.42. The third kappa shape index (κ3) is 4.77. The molecule has 0 saturated heterocycles. The van der Waals surface area contributed by atoms with Crippen LogP contribution in [0, 0.1) is 25.2 Å². The minimum absolute atomic E-state index is 0.292. The number of carbonyl (C=O) groups excluding carboxylic acids is 1. The van der Waals surface area contributed by atoms with Crippen molar-refractivity contribution >= 4 is 17.7 Å². The van der Waals surface area contributed by atoms with E-state index in [9.17, 15) is 4.79 Å². The van der Waals surface area contributed by atoms with E-state index in [4.69, 9.17) is 14.7 Å². The van der Waals surface area contributed by atoms with E-state index in [2.05, 4.69) is 32.0 Å². The highest BCUT2D eigenvalue weighted by Crippen LogP contribution is 2.28. The summed E-state index contributed by atoms with van der Waals surface area (Å²) < 4.78 is 10.5. The standard InChI is InChI=1S/C19H19NO3S/c1-13-4-6-16(10-14(13)2)24-9-8-19(21)23-17-7-5-15(12-20)11-18(17)22-3/h4-7,10-11H,8-9H2,1-3H3. The summed E-state index contributed by atoms with van der Waals surface area (Å²) in [6.07, 6.45) is 0.292. The first-order valence-corrected chi connectivity index (χ1v) is 8.51. The smallest absolute Gasteiger partial charge is 0.312 e. The third-order valence-corrected chi connectivity index (χ3v) is 4.57. The Bertz CT molecular complexity index is 781. The molecular weight excluding hydrogens is 322 g/mol. The van der Waals surface area contributed by atoms with Crippen LogP contribution < -0.4 is 9.47 Å². The maximum atomic E-state index is 12.0. The highest BCUT2D eigenvalue weighted by molar-refractivity contribution is 7.99. The summed E-state index contributed by atoms with van der Waals surface area (Å²) in [5, 5.41) is 8.88. The monoisotopic (exact) mass is 341 g/mol. The molecular formula is C19H19NO3S. The van der Waals surface area contributed by atoms with E-state index < -0.39 is 0 Å². The Morgan fingerprint density at radius 2 is 1.92 bits per heavy atom. The number of thioether (sulfide) groups is 1. The maximum Gasteiger partial charge on any atom is 0.312 e. The van der Waals surface area contributed by atoms with Crippen LogP contribution in [0.1, 0.15) is 23.1 Å². The molecule has 0 N–H and O–H groups in total. The van der Waals surface area contributed by atoms with Crippen LogP contribution in [-0.4, -0.2) is 18.8 Å². The van der Waals surface area contributed by atoms with Crippen LogP contribution in [0.25, 0.3) is 0 Å². The number of nitrogens with zero attached hydrogens (tertiary/aromatic N) is 1. The number of hydrogen-bond acceptors (Lipinski definition) is 5. The molecule has 0 heterocycles. The van der Waals surface area contributed by atoms with Crippen molar-refractivity contribution < 1.29 is 14.3 Å². The fourth-order valence-electron chi connectivity index (χ4n) is 2.05. The molecule has 0 aliphatic carbocycles. The van der Waals surface area contributed by atoms with E-state index in [0.29, 0.717) is 29.2 Å². The van der Waals surface area contributed by atoms with Crippen LogP contribution in [0.4, 0.5) is 0 Å². The fraction of sp³-hybridized carbons (Fsp3) is 0.263. The Morgan fingerprint density at radius 3 is 2.58 bits per heavy atom. The van der Waals surface area contributed by atoms with Gasteiger partial charge in [0.25, 0.3) is 0 Å². The topological polar surface area (TPSA) is 59.3 Å². The molecule has 0 radical (unpaired) electrons. The Labute approximate surface area is 146 Å². The zero-order valence-corrected chi connectivity index (χ0v) is 14.8. The van der Waals surface area contributed by atoms with Crippen molar-refractivity contribution in [3.63, 3.8) is 0 Å². The van der Waals surface area contributed by atoms with Crippen molar-refractivity contribution in [1.82, 2.24) is 0 Å². The summed E-state index contributed by atoms with van der Waals surface area (Å²) in [5.74, 6) is 1.02. The van der Waals surface area contributed by atoms with Crippen molar-refractivity contribution in [2.24, 2.45) is 0 Å². The molecule has 4 nitrogen and oxygen atoms in total. The summed E-state index contributed by atoms with van der Waals surface area (Å²) in [4.78, 5) is 13.1. The molecule has 0 aliphatic rings. The van der Waals surface area contributed by atoms with E-state index >= 15 is 0 Å². The molecule has 0 bridgehead atoms.